The average Bonchev–Trinajstić information content (AvgIpc) is 3.25. The monoisotopic (exact) mass is 376 g/mol. The lowest BCUT2D eigenvalue weighted by Gasteiger charge is -2.40. The molecule has 140 valence electrons. The molecule has 4 rings (SSSR count). The van der Waals surface area contributed by atoms with Gasteiger partial charge in [-0.15, -0.1) is 10.2 Å². The third-order valence-corrected chi connectivity index (χ3v) is 6.03. The predicted octanol–water partition coefficient (Wildman–Crippen LogP) is 1.35. The van der Waals surface area contributed by atoms with Gasteiger partial charge in [-0.2, -0.15) is 0 Å². The molecule has 26 heavy (non-hydrogen) atoms. The predicted molar refractivity (Wildman–Crippen MR) is 96.5 cm³/mol. The highest BCUT2D eigenvalue weighted by atomic mass is 32.1. The molecule has 0 aromatic carbocycles. The van der Waals surface area contributed by atoms with Crippen LogP contribution >= 0.6 is 11.3 Å². The Morgan fingerprint density at radius 3 is 2.81 bits per heavy atom. The van der Waals surface area contributed by atoms with Gasteiger partial charge in [0.25, 0.3) is 0 Å². The highest BCUT2D eigenvalue weighted by Gasteiger charge is 2.40. The van der Waals surface area contributed by atoms with E-state index in [1.165, 1.54) is 0 Å². The van der Waals surface area contributed by atoms with E-state index in [9.17, 15) is 4.79 Å². The van der Waals surface area contributed by atoms with E-state index in [0.717, 1.165) is 48.2 Å². The Hall–Kier alpha value is -1.84. The maximum atomic E-state index is 12.8. The molecule has 9 heteroatoms. The first-order valence-electron chi connectivity index (χ1n) is 9.02. The number of rotatable bonds is 4. The number of aromatic nitrogens is 4. The number of nitrogens with zero attached hydrogens (tertiary/aromatic N) is 5. The Kier molecular flexibility index (Phi) is 5.01. The van der Waals surface area contributed by atoms with E-state index in [-0.39, 0.29) is 11.5 Å². The number of aromatic amines is 1. The minimum absolute atomic E-state index is 0.164. The molecule has 2 aromatic rings. The molecular weight excluding hydrogens is 352 g/mol. The lowest BCUT2D eigenvalue weighted by atomic mass is 9.87. The number of hydrogen-bond acceptors (Lipinski definition) is 7. The van der Waals surface area contributed by atoms with E-state index in [4.69, 9.17) is 4.74 Å². The number of H-pyrrole nitrogens is 1. The van der Waals surface area contributed by atoms with Crippen molar-refractivity contribution < 1.29 is 9.53 Å². The van der Waals surface area contributed by atoms with Crippen LogP contribution in [0.4, 0.5) is 0 Å². The first-order chi connectivity index (χ1) is 12.6. The van der Waals surface area contributed by atoms with Gasteiger partial charge in [0.15, 0.2) is 0 Å². The van der Waals surface area contributed by atoms with Crippen molar-refractivity contribution in [3.63, 3.8) is 0 Å². The molecule has 0 atom stereocenters. The Bertz CT molecular complexity index is 738. The lowest BCUT2D eigenvalue weighted by Crippen LogP contribution is -2.47. The zero-order valence-electron chi connectivity index (χ0n) is 15.0. The molecule has 0 radical (unpaired) electrons. The fourth-order valence-corrected chi connectivity index (χ4v) is 4.44. The van der Waals surface area contributed by atoms with Crippen LogP contribution in [0, 0.1) is 6.92 Å². The largest absolute Gasteiger partial charge is 0.373 e. The van der Waals surface area contributed by atoms with Gasteiger partial charge in [0.1, 0.15) is 10.0 Å². The van der Waals surface area contributed by atoms with E-state index >= 15 is 0 Å². The van der Waals surface area contributed by atoms with Gasteiger partial charge in [0, 0.05) is 38.1 Å². The molecule has 0 unspecified atom stereocenters. The van der Waals surface area contributed by atoms with E-state index in [2.05, 4.69) is 25.1 Å². The van der Waals surface area contributed by atoms with Gasteiger partial charge < -0.3 is 14.6 Å². The summed E-state index contributed by atoms with van der Waals surface area (Å²) in [6.45, 7) is 6.41. The number of carbonyl (C=O) groups is 1. The van der Waals surface area contributed by atoms with Crippen LogP contribution in [-0.4, -0.2) is 67.7 Å². The number of amides is 1. The smallest absolute Gasteiger partial charge is 0.225 e. The number of nitrogens with one attached hydrogen (secondary N) is 1. The zero-order valence-corrected chi connectivity index (χ0v) is 15.8. The highest BCUT2D eigenvalue weighted by molar-refractivity contribution is 7.11. The maximum absolute atomic E-state index is 12.8. The first kappa shape index (κ1) is 17.6. The minimum atomic E-state index is -0.312. The van der Waals surface area contributed by atoms with E-state index in [0.29, 0.717) is 26.1 Å². The maximum Gasteiger partial charge on any atom is 0.225 e. The van der Waals surface area contributed by atoms with Crippen molar-refractivity contribution in [2.24, 2.45) is 0 Å². The van der Waals surface area contributed by atoms with Crippen LogP contribution in [0.2, 0.25) is 0 Å². The summed E-state index contributed by atoms with van der Waals surface area (Å²) in [6, 6.07) is 0. The van der Waals surface area contributed by atoms with Gasteiger partial charge in [-0.3, -0.25) is 9.69 Å². The Morgan fingerprint density at radius 1 is 1.27 bits per heavy atom. The van der Waals surface area contributed by atoms with Crippen LogP contribution in [0.1, 0.15) is 35.0 Å². The number of aryl methyl sites for hydroxylation is 1. The molecule has 1 spiro atoms. The summed E-state index contributed by atoms with van der Waals surface area (Å²) in [5, 5.41) is 10.0. The number of imidazole rings is 1. The molecule has 2 aliphatic heterocycles. The summed E-state index contributed by atoms with van der Waals surface area (Å²) in [6.07, 6.45) is 5.81. The van der Waals surface area contributed by atoms with Gasteiger partial charge in [-0.25, -0.2) is 4.98 Å². The lowest BCUT2D eigenvalue weighted by molar-refractivity contribution is -0.136. The molecule has 0 aliphatic carbocycles. The molecule has 0 bridgehead atoms. The summed E-state index contributed by atoms with van der Waals surface area (Å²) in [4.78, 5) is 24.3. The second-order valence-corrected chi connectivity index (χ2v) is 8.36. The van der Waals surface area contributed by atoms with Crippen molar-refractivity contribution in [3.05, 3.63) is 28.2 Å². The normalized spacial score (nSPS) is 21.3. The minimum Gasteiger partial charge on any atom is -0.373 e. The molecular formula is C17H24N6O2S. The summed E-state index contributed by atoms with van der Waals surface area (Å²) >= 11 is 1.55. The van der Waals surface area contributed by atoms with Crippen molar-refractivity contribution in [2.45, 2.75) is 44.9 Å². The van der Waals surface area contributed by atoms with Crippen LogP contribution < -0.4 is 0 Å². The number of piperidine rings is 1. The van der Waals surface area contributed by atoms with Crippen LogP contribution in [-0.2, 0) is 22.6 Å². The fraction of sp³-hybridized carbons (Fsp3) is 0.647. The number of likely N-dealkylation sites (tertiary alicyclic amines) is 1. The first-order valence-corrected chi connectivity index (χ1v) is 9.84. The summed E-state index contributed by atoms with van der Waals surface area (Å²) in [7, 11) is 0. The highest BCUT2D eigenvalue weighted by Crippen LogP contribution is 2.33. The number of carbonyl (C=O) groups excluding carboxylic acids is 1. The topological polar surface area (TPSA) is 87.2 Å². The van der Waals surface area contributed by atoms with E-state index in [1.54, 1.807) is 17.7 Å². The van der Waals surface area contributed by atoms with Crippen LogP contribution in [0.3, 0.4) is 0 Å². The molecule has 2 fully saturated rings. The SMILES string of the molecule is Cc1nnc(CN2CCOC3(CCN(Cc4cnc[nH]4)CC3)CC2=O)s1. The van der Waals surface area contributed by atoms with Crippen molar-refractivity contribution in [1.82, 2.24) is 30.0 Å². The molecule has 8 nitrogen and oxygen atoms in total. The molecule has 1 amide bonds. The Morgan fingerprint density at radius 2 is 2.12 bits per heavy atom. The third kappa shape index (κ3) is 3.94. The second-order valence-electron chi connectivity index (χ2n) is 7.09. The van der Waals surface area contributed by atoms with Crippen LogP contribution in [0.15, 0.2) is 12.5 Å². The van der Waals surface area contributed by atoms with Gasteiger partial charge in [-0.05, 0) is 19.8 Å². The standard InChI is InChI=1S/C17H24N6O2S/c1-13-20-21-15(26-13)11-23-6-7-25-17(8-16(23)24)2-4-22(5-3-17)10-14-9-18-12-19-14/h9,12H,2-8,10-11H2,1H3,(H,18,19). The summed E-state index contributed by atoms with van der Waals surface area (Å²) in [5.74, 6) is 0.164. The second kappa shape index (κ2) is 7.42. The van der Waals surface area contributed by atoms with E-state index < -0.39 is 0 Å². The quantitative estimate of drug-likeness (QED) is 0.867. The van der Waals surface area contributed by atoms with Gasteiger partial charge in [-0.1, -0.05) is 11.3 Å². The molecule has 2 aliphatic rings. The van der Waals surface area contributed by atoms with Crippen molar-refractivity contribution >= 4 is 17.2 Å². The molecule has 2 aromatic heterocycles. The van der Waals surface area contributed by atoms with Crippen LogP contribution in [0.5, 0.6) is 0 Å². The Labute approximate surface area is 156 Å². The number of ether oxygens (including phenoxy) is 1. The van der Waals surface area contributed by atoms with Crippen molar-refractivity contribution in [1.29, 1.82) is 0 Å². The van der Waals surface area contributed by atoms with Crippen molar-refractivity contribution in [3.8, 4) is 0 Å². The number of hydrogen-bond donors (Lipinski definition) is 1. The van der Waals surface area contributed by atoms with E-state index in [1.807, 2.05) is 18.0 Å². The zero-order chi connectivity index (χ0) is 18.0. The van der Waals surface area contributed by atoms with Gasteiger partial charge >= 0.3 is 0 Å². The van der Waals surface area contributed by atoms with Gasteiger partial charge in [0.2, 0.25) is 5.91 Å². The molecule has 1 N–H and O–H groups in total. The molecule has 0 saturated carbocycles. The summed E-state index contributed by atoms with van der Waals surface area (Å²) < 4.78 is 6.22. The molecule has 2 saturated heterocycles. The average molecular weight is 376 g/mol. The van der Waals surface area contributed by atoms with Crippen molar-refractivity contribution in [2.75, 3.05) is 26.2 Å². The van der Waals surface area contributed by atoms with Gasteiger partial charge in [0.05, 0.1) is 31.5 Å². The molecule has 4 heterocycles. The third-order valence-electron chi connectivity index (χ3n) is 5.21. The Balaban J connectivity index is 1.34. The van der Waals surface area contributed by atoms with Crippen LogP contribution in [0.25, 0.3) is 0 Å². The summed E-state index contributed by atoms with van der Waals surface area (Å²) in [5.41, 5.74) is 0.810. The fourth-order valence-electron chi connectivity index (χ4n) is 3.72.